The van der Waals surface area contributed by atoms with E-state index in [4.69, 9.17) is 11.5 Å². The Balaban J connectivity index is 2.46. The summed E-state index contributed by atoms with van der Waals surface area (Å²) in [4.78, 5) is 2.32. The lowest BCUT2D eigenvalue weighted by atomic mass is 9.93. The van der Waals surface area contributed by atoms with Crippen molar-refractivity contribution in [2.75, 3.05) is 19.7 Å². The van der Waals surface area contributed by atoms with E-state index in [0.29, 0.717) is 12.5 Å². The molecule has 0 aliphatic carbocycles. The molecule has 1 fully saturated rings. The molecular weight excluding hydrogens is 162 g/mol. The summed E-state index contributed by atoms with van der Waals surface area (Å²) in [6.45, 7) is 6.51. The van der Waals surface area contributed by atoms with E-state index in [2.05, 4.69) is 24.7 Å². The number of likely N-dealkylation sites (tertiary alicyclic amines) is 1. The summed E-state index contributed by atoms with van der Waals surface area (Å²) in [7, 11) is 0. The molecule has 1 aliphatic rings. The molecule has 1 heterocycles. The Morgan fingerprint density at radius 1 is 1.46 bits per heavy atom. The lowest BCUT2D eigenvalue weighted by molar-refractivity contribution is 0.0862. The lowest BCUT2D eigenvalue weighted by Gasteiger charge is -2.39. The first-order chi connectivity index (χ1) is 6.10. The van der Waals surface area contributed by atoms with Crippen LogP contribution in [0.25, 0.3) is 0 Å². The van der Waals surface area contributed by atoms with Crippen LogP contribution in [0.2, 0.25) is 0 Å². The highest BCUT2D eigenvalue weighted by Crippen LogP contribution is 2.23. The first kappa shape index (κ1) is 10.6. The second-order valence-electron chi connectivity index (χ2n) is 4.32. The van der Waals surface area contributed by atoms with E-state index in [-0.39, 0.29) is 5.54 Å². The van der Waals surface area contributed by atoms with Crippen molar-refractivity contribution in [3.8, 4) is 12.3 Å². The molecular formula is C11H19NO. The van der Waals surface area contributed by atoms with Crippen molar-refractivity contribution < 1.29 is 5.11 Å². The second-order valence-corrected chi connectivity index (χ2v) is 4.32. The van der Waals surface area contributed by atoms with E-state index in [1.54, 1.807) is 0 Å². The molecule has 0 bridgehead atoms. The average molecular weight is 181 g/mol. The zero-order valence-corrected chi connectivity index (χ0v) is 8.58. The van der Waals surface area contributed by atoms with Crippen molar-refractivity contribution in [3.63, 3.8) is 0 Å². The topological polar surface area (TPSA) is 23.5 Å². The van der Waals surface area contributed by atoms with Crippen LogP contribution < -0.4 is 0 Å². The van der Waals surface area contributed by atoms with Gasteiger partial charge in [-0.15, -0.1) is 6.42 Å². The van der Waals surface area contributed by atoms with Gasteiger partial charge in [0.25, 0.3) is 0 Å². The summed E-state index contributed by atoms with van der Waals surface area (Å²) in [5, 5.41) is 8.98. The Kier molecular flexibility index (Phi) is 3.35. The third-order valence-corrected chi connectivity index (χ3v) is 3.02. The third-order valence-electron chi connectivity index (χ3n) is 3.02. The highest BCUT2D eigenvalue weighted by molar-refractivity contribution is 5.09. The molecule has 0 aromatic carbocycles. The fraction of sp³-hybridized carbons (Fsp3) is 0.818. The Bertz CT molecular complexity index is 197. The van der Waals surface area contributed by atoms with Gasteiger partial charge in [0.05, 0.1) is 5.54 Å². The number of nitrogens with zero attached hydrogens (tertiary/aromatic N) is 1. The third kappa shape index (κ3) is 2.46. The molecule has 1 saturated heterocycles. The highest BCUT2D eigenvalue weighted by Gasteiger charge is 2.28. The molecule has 0 spiro atoms. The number of hydrogen-bond acceptors (Lipinski definition) is 2. The van der Waals surface area contributed by atoms with Gasteiger partial charge >= 0.3 is 0 Å². The molecule has 0 unspecified atom stereocenters. The molecule has 0 amide bonds. The average Bonchev–Trinajstić information content (AvgIpc) is 2.18. The number of aliphatic hydroxyl groups is 1. The molecule has 13 heavy (non-hydrogen) atoms. The van der Waals surface area contributed by atoms with Gasteiger partial charge in [-0.05, 0) is 45.7 Å². The maximum Gasteiger partial charge on any atom is 0.0766 e. The molecule has 0 radical (unpaired) electrons. The molecule has 2 nitrogen and oxygen atoms in total. The van der Waals surface area contributed by atoms with E-state index in [0.717, 1.165) is 25.9 Å². The van der Waals surface area contributed by atoms with Crippen LogP contribution in [0, 0.1) is 18.3 Å². The fourth-order valence-electron chi connectivity index (χ4n) is 1.77. The minimum absolute atomic E-state index is 0.125. The molecule has 1 aliphatic heterocycles. The van der Waals surface area contributed by atoms with Crippen LogP contribution in [0.1, 0.15) is 26.7 Å². The normalized spacial score (nSPS) is 21.4. The highest BCUT2D eigenvalue weighted by atomic mass is 16.3. The first-order valence-corrected chi connectivity index (χ1v) is 4.94. The van der Waals surface area contributed by atoms with Crippen LogP contribution in [0.15, 0.2) is 0 Å². The van der Waals surface area contributed by atoms with Crippen molar-refractivity contribution >= 4 is 0 Å². The molecule has 0 aromatic heterocycles. The van der Waals surface area contributed by atoms with Gasteiger partial charge < -0.3 is 5.11 Å². The Morgan fingerprint density at radius 2 is 2.00 bits per heavy atom. The van der Waals surface area contributed by atoms with E-state index in [1.807, 2.05) is 0 Å². The lowest BCUT2D eigenvalue weighted by Crippen LogP contribution is -2.47. The number of piperidine rings is 1. The van der Waals surface area contributed by atoms with E-state index < -0.39 is 0 Å². The number of rotatable bonds is 2. The molecule has 1 N–H and O–H groups in total. The maximum atomic E-state index is 8.98. The monoisotopic (exact) mass is 181 g/mol. The largest absolute Gasteiger partial charge is 0.396 e. The van der Waals surface area contributed by atoms with Crippen molar-refractivity contribution in [2.24, 2.45) is 5.92 Å². The van der Waals surface area contributed by atoms with Gasteiger partial charge in [-0.2, -0.15) is 0 Å². The van der Waals surface area contributed by atoms with Crippen molar-refractivity contribution in [3.05, 3.63) is 0 Å². The SMILES string of the molecule is C#CC(C)(C)N1CCC(CO)CC1. The van der Waals surface area contributed by atoms with E-state index in [1.165, 1.54) is 0 Å². The standard InChI is InChI=1S/C11H19NO/c1-4-11(2,3)12-7-5-10(9-13)6-8-12/h1,10,13H,5-9H2,2-3H3. The minimum Gasteiger partial charge on any atom is -0.396 e. The van der Waals surface area contributed by atoms with Gasteiger partial charge in [-0.1, -0.05) is 5.92 Å². The second kappa shape index (κ2) is 4.13. The summed E-state index contributed by atoms with van der Waals surface area (Å²) < 4.78 is 0. The van der Waals surface area contributed by atoms with Gasteiger partial charge in [0, 0.05) is 6.61 Å². The van der Waals surface area contributed by atoms with Gasteiger partial charge in [-0.25, -0.2) is 0 Å². The van der Waals surface area contributed by atoms with Crippen molar-refractivity contribution in [1.82, 2.24) is 4.90 Å². The molecule has 0 saturated carbocycles. The zero-order chi connectivity index (χ0) is 9.90. The summed E-state index contributed by atoms with van der Waals surface area (Å²) in [5.74, 6) is 3.30. The van der Waals surface area contributed by atoms with Crippen LogP contribution in [0.4, 0.5) is 0 Å². The number of terminal acetylenes is 1. The summed E-state index contributed by atoms with van der Waals surface area (Å²) in [6, 6.07) is 0. The summed E-state index contributed by atoms with van der Waals surface area (Å²) in [5.41, 5.74) is -0.125. The van der Waals surface area contributed by atoms with Crippen molar-refractivity contribution in [2.45, 2.75) is 32.2 Å². The Morgan fingerprint density at radius 3 is 2.38 bits per heavy atom. The minimum atomic E-state index is -0.125. The molecule has 0 aromatic rings. The molecule has 1 rings (SSSR count). The maximum absolute atomic E-state index is 8.98. The Labute approximate surface area is 80.9 Å². The van der Waals surface area contributed by atoms with Gasteiger partial charge in [-0.3, -0.25) is 4.90 Å². The van der Waals surface area contributed by atoms with Gasteiger partial charge in [0.15, 0.2) is 0 Å². The number of aliphatic hydroxyl groups excluding tert-OH is 1. The van der Waals surface area contributed by atoms with Crippen LogP contribution in [-0.2, 0) is 0 Å². The van der Waals surface area contributed by atoms with E-state index in [9.17, 15) is 0 Å². The smallest absolute Gasteiger partial charge is 0.0766 e. The molecule has 74 valence electrons. The summed E-state index contributed by atoms with van der Waals surface area (Å²) in [6.07, 6.45) is 7.61. The van der Waals surface area contributed by atoms with Crippen LogP contribution >= 0.6 is 0 Å². The molecule has 0 atom stereocenters. The van der Waals surface area contributed by atoms with Crippen LogP contribution in [-0.4, -0.2) is 35.2 Å². The van der Waals surface area contributed by atoms with Crippen molar-refractivity contribution in [1.29, 1.82) is 0 Å². The summed E-state index contributed by atoms with van der Waals surface area (Å²) >= 11 is 0. The molecule has 2 heteroatoms. The van der Waals surface area contributed by atoms with E-state index >= 15 is 0 Å². The Hall–Kier alpha value is -0.520. The van der Waals surface area contributed by atoms with Gasteiger partial charge in [0.1, 0.15) is 0 Å². The van der Waals surface area contributed by atoms with Crippen LogP contribution in [0.5, 0.6) is 0 Å². The predicted octanol–water partition coefficient (Wildman–Crippen LogP) is 1.10. The zero-order valence-electron chi connectivity index (χ0n) is 8.58. The quantitative estimate of drug-likeness (QED) is 0.645. The fourth-order valence-corrected chi connectivity index (χ4v) is 1.77. The number of hydrogen-bond donors (Lipinski definition) is 1. The predicted molar refractivity (Wildman–Crippen MR) is 54.3 cm³/mol. The van der Waals surface area contributed by atoms with Crippen LogP contribution in [0.3, 0.4) is 0 Å². The first-order valence-electron chi connectivity index (χ1n) is 4.94. The van der Waals surface area contributed by atoms with Gasteiger partial charge in [0.2, 0.25) is 0 Å².